The number of carbonyl (C=O) groups excluding carboxylic acids is 1. The minimum Gasteiger partial charge on any atom is -0.335 e. The molecule has 0 unspecified atom stereocenters. The molecular weight excluding hydrogens is 326 g/mol. The number of nitrogens with zero attached hydrogens (tertiary/aromatic N) is 7. The number of hydrogen-bond acceptors (Lipinski definition) is 9. The van der Waals surface area contributed by atoms with Crippen LogP contribution in [-0.2, 0) is 4.79 Å². The largest absolute Gasteiger partial charge is 0.335 e. The highest BCUT2D eigenvalue weighted by Gasteiger charge is 2.14. The summed E-state index contributed by atoms with van der Waals surface area (Å²) in [7, 11) is 0. The fourth-order valence-corrected chi connectivity index (χ4v) is 3.02. The molecule has 10 nitrogen and oxygen atoms in total. The molecule has 0 aliphatic rings. The molecule has 0 aromatic carbocycles. The molecule has 12 heteroatoms. The summed E-state index contributed by atoms with van der Waals surface area (Å²) >= 11 is 2.58. The third-order valence-corrected chi connectivity index (χ3v) is 4.69. The summed E-state index contributed by atoms with van der Waals surface area (Å²) in [5.74, 6) is 6.27. The van der Waals surface area contributed by atoms with Crippen molar-refractivity contribution in [2.45, 2.75) is 24.9 Å². The quantitative estimate of drug-likeness (QED) is 0.503. The van der Waals surface area contributed by atoms with Gasteiger partial charge >= 0.3 is 0 Å². The topological polar surface area (TPSA) is 129 Å². The Hall–Kier alpha value is -2.21. The molecule has 116 valence electrons. The number of anilines is 1. The van der Waals surface area contributed by atoms with Gasteiger partial charge in [-0.15, -0.1) is 20.4 Å². The maximum atomic E-state index is 11.9. The molecule has 0 aliphatic carbocycles. The van der Waals surface area contributed by atoms with E-state index in [1.54, 1.807) is 0 Å². The molecule has 0 saturated carbocycles. The van der Waals surface area contributed by atoms with Crippen molar-refractivity contribution in [1.29, 1.82) is 0 Å². The van der Waals surface area contributed by atoms with Crippen molar-refractivity contribution >= 4 is 39.9 Å². The molecule has 0 fully saturated rings. The van der Waals surface area contributed by atoms with Gasteiger partial charge in [-0.2, -0.15) is 9.61 Å². The highest BCUT2D eigenvalue weighted by atomic mass is 32.2. The SMILES string of the molecule is CC(C)c1nnc(NC(=O)CSc2nnc3n(N)cnn23)s1. The van der Waals surface area contributed by atoms with Crippen molar-refractivity contribution in [2.24, 2.45) is 0 Å². The van der Waals surface area contributed by atoms with Crippen molar-refractivity contribution in [3.8, 4) is 0 Å². The molecule has 3 aromatic heterocycles. The van der Waals surface area contributed by atoms with Crippen LogP contribution < -0.4 is 11.2 Å². The lowest BCUT2D eigenvalue weighted by Gasteiger charge is -1.99. The fraction of sp³-hybridized carbons (Fsp3) is 0.400. The molecule has 3 rings (SSSR count). The molecule has 0 spiro atoms. The van der Waals surface area contributed by atoms with Crippen LogP contribution in [0, 0.1) is 0 Å². The molecule has 3 heterocycles. The van der Waals surface area contributed by atoms with Crippen LogP contribution in [0.1, 0.15) is 24.8 Å². The summed E-state index contributed by atoms with van der Waals surface area (Å²) in [6, 6.07) is 0. The van der Waals surface area contributed by atoms with Crippen LogP contribution in [0.4, 0.5) is 5.13 Å². The van der Waals surface area contributed by atoms with Gasteiger partial charge in [0.05, 0.1) is 5.75 Å². The van der Waals surface area contributed by atoms with Crippen molar-refractivity contribution in [1.82, 2.24) is 34.7 Å². The first-order valence-corrected chi connectivity index (χ1v) is 8.14. The van der Waals surface area contributed by atoms with Crippen LogP contribution in [0.25, 0.3) is 5.78 Å². The van der Waals surface area contributed by atoms with Crippen LogP contribution in [0.5, 0.6) is 0 Å². The number of carbonyl (C=O) groups is 1. The summed E-state index contributed by atoms with van der Waals surface area (Å²) in [6.07, 6.45) is 1.42. The molecule has 0 aliphatic heterocycles. The van der Waals surface area contributed by atoms with E-state index in [-0.39, 0.29) is 17.6 Å². The van der Waals surface area contributed by atoms with Gasteiger partial charge < -0.3 is 5.84 Å². The summed E-state index contributed by atoms with van der Waals surface area (Å²) < 4.78 is 2.73. The Balaban J connectivity index is 1.60. The zero-order chi connectivity index (χ0) is 15.7. The van der Waals surface area contributed by atoms with Gasteiger partial charge in [-0.05, 0) is 0 Å². The van der Waals surface area contributed by atoms with Gasteiger partial charge in [0, 0.05) is 5.92 Å². The first-order chi connectivity index (χ1) is 10.5. The van der Waals surface area contributed by atoms with E-state index >= 15 is 0 Å². The molecule has 0 atom stereocenters. The number of hydrogen-bond donors (Lipinski definition) is 2. The molecular formula is C10H13N9OS2. The Morgan fingerprint density at radius 1 is 1.41 bits per heavy atom. The molecule has 0 saturated heterocycles. The molecule has 3 N–H and O–H groups in total. The highest BCUT2D eigenvalue weighted by molar-refractivity contribution is 7.99. The molecule has 0 bridgehead atoms. The van der Waals surface area contributed by atoms with Gasteiger partial charge in [-0.3, -0.25) is 10.1 Å². The zero-order valence-corrected chi connectivity index (χ0v) is 13.4. The average Bonchev–Trinajstić information content (AvgIpc) is 3.15. The Morgan fingerprint density at radius 3 is 2.95 bits per heavy atom. The van der Waals surface area contributed by atoms with E-state index in [9.17, 15) is 4.79 Å². The summed E-state index contributed by atoms with van der Waals surface area (Å²) in [6.45, 7) is 4.05. The monoisotopic (exact) mass is 339 g/mol. The number of aromatic nitrogens is 7. The fourth-order valence-electron chi connectivity index (χ4n) is 1.57. The maximum Gasteiger partial charge on any atom is 0.273 e. The van der Waals surface area contributed by atoms with E-state index in [1.807, 2.05) is 13.8 Å². The molecule has 22 heavy (non-hydrogen) atoms. The van der Waals surface area contributed by atoms with E-state index in [0.29, 0.717) is 16.1 Å². The second-order valence-electron chi connectivity index (χ2n) is 4.67. The summed E-state index contributed by atoms with van der Waals surface area (Å²) in [5.41, 5.74) is 0. The third kappa shape index (κ3) is 2.87. The number of rotatable bonds is 5. The van der Waals surface area contributed by atoms with Crippen LogP contribution in [0.15, 0.2) is 11.5 Å². The predicted molar refractivity (Wildman–Crippen MR) is 82.3 cm³/mol. The van der Waals surface area contributed by atoms with E-state index in [1.165, 1.54) is 38.6 Å². The van der Waals surface area contributed by atoms with Crippen molar-refractivity contribution in [3.05, 3.63) is 11.3 Å². The average molecular weight is 339 g/mol. The van der Waals surface area contributed by atoms with Crippen molar-refractivity contribution in [2.75, 3.05) is 16.9 Å². The van der Waals surface area contributed by atoms with Crippen LogP contribution in [0.3, 0.4) is 0 Å². The van der Waals surface area contributed by atoms with Crippen molar-refractivity contribution in [3.63, 3.8) is 0 Å². The lowest BCUT2D eigenvalue weighted by atomic mass is 10.2. The first kappa shape index (κ1) is 14.7. The van der Waals surface area contributed by atoms with Crippen molar-refractivity contribution < 1.29 is 4.79 Å². The third-order valence-electron chi connectivity index (χ3n) is 2.63. The van der Waals surface area contributed by atoms with E-state index in [4.69, 9.17) is 5.84 Å². The second-order valence-corrected chi connectivity index (χ2v) is 6.62. The van der Waals surface area contributed by atoms with Gasteiger partial charge in [0.15, 0.2) is 0 Å². The summed E-state index contributed by atoms with van der Waals surface area (Å²) in [5, 5.41) is 24.4. The zero-order valence-electron chi connectivity index (χ0n) is 11.8. The molecule has 1 amide bonds. The van der Waals surface area contributed by atoms with E-state index < -0.39 is 0 Å². The smallest absolute Gasteiger partial charge is 0.273 e. The Bertz CT molecular complexity index is 804. The van der Waals surface area contributed by atoms with Gasteiger partial charge in [0.25, 0.3) is 5.78 Å². The molecule has 3 aromatic rings. The van der Waals surface area contributed by atoms with Crippen LogP contribution in [-0.4, -0.2) is 46.3 Å². The number of fused-ring (bicyclic) bond motifs is 1. The van der Waals surface area contributed by atoms with E-state index in [2.05, 4.69) is 30.8 Å². The Kier molecular flexibility index (Phi) is 3.94. The van der Waals surface area contributed by atoms with Gasteiger partial charge in [-0.25, -0.2) is 4.68 Å². The summed E-state index contributed by atoms with van der Waals surface area (Å²) in [4.78, 5) is 11.9. The lowest BCUT2D eigenvalue weighted by Crippen LogP contribution is -2.14. The Morgan fingerprint density at radius 2 is 2.23 bits per heavy atom. The van der Waals surface area contributed by atoms with E-state index in [0.717, 1.165) is 5.01 Å². The molecule has 0 radical (unpaired) electrons. The normalized spacial score (nSPS) is 11.4. The maximum absolute atomic E-state index is 11.9. The van der Waals surface area contributed by atoms with Crippen LogP contribution >= 0.6 is 23.1 Å². The number of nitrogen functional groups attached to an aromatic ring is 1. The minimum absolute atomic E-state index is 0.162. The lowest BCUT2D eigenvalue weighted by molar-refractivity contribution is -0.113. The van der Waals surface area contributed by atoms with Gasteiger partial charge in [0.1, 0.15) is 11.3 Å². The minimum atomic E-state index is -0.194. The highest BCUT2D eigenvalue weighted by Crippen LogP contribution is 2.23. The predicted octanol–water partition coefficient (Wildman–Crippen LogP) is 0.345. The second kappa shape index (κ2) is 5.88. The number of thioether (sulfide) groups is 1. The van der Waals surface area contributed by atoms with Gasteiger partial charge in [-0.1, -0.05) is 36.9 Å². The number of amides is 1. The number of nitrogens with two attached hydrogens (primary N) is 1. The van der Waals surface area contributed by atoms with Crippen LogP contribution in [0.2, 0.25) is 0 Å². The first-order valence-electron chi connectivity index (χ1n) is 6.34. The standard InChI is InChI=1S/C10H13N9OS2/c1-5(2)7-14-15-8(22-7)13-6(20)3-21-10-17-16-9-18(11)4-12-19(9)10/h4-5H,3,11H2,1-2H3,(H,13,15,20). The van der Waals surface area contributed by atoms with Gasteiger partial charge in [0.2, 0.25) is 16.2 Å². The number of nitrogens with one attached hydrogen (secondary N) is 1. The Labute approximate surface area is 133 Å².